The molecule has 1 aromatic heterocycles. The minimum absolute atomic E-state index is 0.0476. The van der Waals surface area contributed by atoms with E-state index in [9.17, 15) is 4.79 Å². The van der Waals surface area contributed by atoms with Crippen LogP contribution >= 0.6 is 0 Å². The van der Waals surface area contributed by atoms with Crippen LogP contribution in [-0.4, -0.2) is 33.6 Å². The van der Waals surface area contributed by atoms with Gasteiger partial charge in [0.2, 0.25) is 0 Å². The number of piperidine rings is 1. The molecule has 1 saturated carbocycles. The molecule has 2 atom stereocenters. The van der Waals surface area contributed by atoms with Gasteiger partial charge in [-0.05, 0) is 25.2 Å². The number of nitrogens with zero attached hydrogens (tertiary/aromatic N) is 2. The molecule has 2 unspecified atom stereocenters. The maximum absolute atomic E-state index is 12.0. The van der Waals surface area contributed by atoms with Crippen molar-refractivity contribution in [2.45, 2.75) is 25.3 Å². The van der Waals surface area contributed by atoms with Crippen molar-refractivity contribution in [1.29, 1.82) is 0 Å². The Morgan fingerprint density at radius 3 is 3.00 bits per heavy atom. The molecule has 5 heteroatoms. The van der Waals surface area contributed by atoms with Crippen molar-refractivity contribution in [3.8, 4) is 0 Å². The number of fused-ring (bicyclic) bond motifs is 2. The Morgan fingerprint density at radius 2 is 2.47 bits per heavy atom. The zero-order valence-corrected chi connectivity index (χ0v) is 8.44. The van der Waals surface area contributed by atoms with Gasteiger partial charge in [-0.2, -0.15) is 5.10 Å². The molecule has 3 rings (SSSR count). The van der Waals surface area contributed by atoms with Gasteiger partial charge in [0, 0.05) is 18.7 Å². The highest BCUT2D eigenvalue weighted by Gasteiger charge is 2.40. The van der Waals surface area contributed by atoms with E-state index in [1.165, 1.54) is 12.8 Å². The van der Waals surface area contributed by atoms with Crippen molar-refractivity contribution < 1.29 is 4.79 Å². The second kappa shape index (κ2) is 2.98. The molecule has 5 nitrogen and oxygen atoms in total. The Hall–Kier alpha value is -1.52. The van der Waals surface area contributed by atoms with Gasteiger partial charge in [-0.15, -0.1) is 0 Å². The Balaban J connectivity index is 1.81. The summed E-state index contributed by atoms with van der Waals surface area (Å²) in [6.45, 7) is 0.905. The second-order valence-electron chi connectivity index (χ2n) is 4.50. The van der Waals surface area contributed by atoms with Gasteiger partial charge in [0.1, 0.15) is 11.5 Å². The monoisotopic (exact) mass is 206 g/mol. The van der Waals surface area contributed by atoms with Gasteiger partial charge in [0.05, 0.1) is 0 Å². The van der Waals surface area contributed by atoms with Crippen LogP contribution in [0.2, 0.25) is 0 Å². The Bertz CT molecular complexity index is 400. The molecule has 2 aliphatic rings. The number of rotatable bonds is 1. The number of amides is 1. The number of hydrogen-bond donors (Lipinski definition) is 2. The van der Waals surface area contributed by atoms with E-state index >= 15 is 0 Å². The summed E-state index contributed by atoms with van der Waals surface area (Å²) in [7, 11) is 0. The molecule has 1 amide bonds. The molecule has 15 heavy (non-hydrogen) atoms. The van der Waals surface area contributed by atoms with Crippen LogP contribution in [0.5, 0.6) is 0 Å². The van der Waals surface area contributed by atoms with Crippen molar-refractivity contribution in [3.63, 3.8) is 0 Å². The van der Waals surface area contributed by atoms with E-state index in [1.807, 2.05) is 4.90 Å². The number of carbonyl (C=O) groups is 1. The number of aromatic amines is 1. The van der Waals surface area contributed by atoms with E-state index in [-0.39, 0.29) is 5.91 Å². The largest absolute Gasteiger partial charge is 0.382 e. The standard InChI is InChI=1S/C10H14N4O/c11-9-4-8(12-13-9)10(15)14-5-6-1-2-7(14)3-6/h4,6-7H,1-3,5H2,(H3,11,12,13). The normalized spacial score (nSPS) is 28.7. The van der Waals surface area contributed by atoms with Crippen LogP contribution in [-0.2, 0) is 0 Å². The first-order valence-electron chi connectivity index (χ1n) is 5.36. The number of carbonyl (C=O) groups excluding carboxylic acids is 1. The lowest BCUT2D eigenvalue weighted by atomic mass is 10.1. The van der Waals surface area contributed by atoms with Gasteiger partial charge in [-0.3, -0.25) is 9.89 Å². The topological polar surface area (TPSA) is 75.0 Å². The molecule has 80 valence electrons. The van der Waals surface area contributed by atoms with Crippen LogP contribution in [0.4, 0.5) is 5.82 Å². The van der Waals surface area contributed by atoms with E-state index in [2.05, 4.69) is 10.2 Å². The average molecular weight is 206 g/mol. The van der Waals surface area contributed by atoms with Crippen molar-refractivity contribution >= 4 is 11.7 Å². The van der Waals surface area contributed by atoms with Crippen molar-refractivity contribution in [3.05, 3.63) is 11.8 Å². The molecule has 1 saturated heterocycles. The fraction of sp³-hybridized carbons (Fsp3) is 0.600. The first-order chi connectivity index (χ1) is 7.24. The van der Waals surface area contributed by atoms with Gasteiger partial charge < -0.3 is 10.6 Å². The number of anilines is 1. The van der Waals surface area contributed by atoms with Crippen molar-refractivity contribution in [2.75, 3.05) is 12.3 Å². The Kier molecular flexibility index (Phi) is 1.74. The molecule has 3 N–H and O–H groups in total. The van der Waals surface area contributed by atoms with Gasteiger partial charge in [0.15, 0.2) is 0 Å². The molecular weight excluding hydrogens is 192 g/mol. The number of nitrogen functional groups attached to an aromatic ring is 1. The van der Waals surface area contributed by atoms with Gasteiger partial charge in [0.25, 0.3) is 5.91 Å². The third-order valence-electron chi connectivity index (χ3n) is 3.50. The number of likely N-dealkylation sites (tertiary alicyclic amines) is 1. The van der Waals surface area contributed by atoms with Gasteiger partial charge >= 0.3 is 0 Å². The molecule has 0 radical (unpaired) electrons. The lowest BCUT2D eigenvalue weighted by Crippen LogP contribution is -2.37. The van der Waals surface area contributed by atoms with Crippen LogP contribution < -0.4 is 5.73 Å². The third-order valence-corrected chi connectivity index (χ3v) is 3.50. The van der Waals surface area contributed by atoms with E-state index in [1.54, 1.807) is 6.07 Å². The van der Waals surface area contributed by atoms with Crippen molar-refractivity contribution in [1.82, 2.24) is 15.1 Å². The van der Waals surface area contributed by atoms with Crippen LogP contribution in [0.1, 0.15) is 29.8 Å². The summed E-state index contributed by atoms with van der Waals surface area (Å²) in [5.41, 5.74) is 5.99. The maximum Gasteiger partial charge on any atom is 0.272 e. The molecule has 2 bridgehead atoms. The third kappa shape index (κ3) is 1.30. The van der Waals surface area contributed by atoms with Crippen LogP contribution in [0.3, 0.4) is 0 Å². The van der Waals surface area contributed by atoms with E-state index in [4.69, 9.17) is 5.73 Å². The number of H-pyrrole nitrogens is 1. The molecule has 1 aliphatic heterocycles. The summed E-state index contributed by atoms with van der Waals surface area (Å²) >= 11 is 0. The molecule has 0 aromatic carbocycles. The molecule has 1 aliphatic carbocycles. The van der Waals surface area contributed by atoms with Crippen LogP contribution in [0.25, 0.3) is 0 Å². The molecular formula is C10H14N4O. The predicted octanol–water partition coefficient (Wildman–Crippen LogP) is 0.616. The number of nitrogens with two attached hydrogens (primary N) is 1. The van der Waals surface area contributed by atoms with E-state index in [0.717, 1.165) is 18.9 Å². The molecule has 2 fully saturated rings. The zero-order chi connectivity index (χ0) is 10.4. The average Bonchev–Trinajstić information content (AvgIpc) is 2.90. The van der Waals surface area contributed by atoms with Gasteiger partial charge in [-0.1, -0.05) is 0 Å². The predicted molar refractivity (Wildman–Crippen MR) is 55.2 cm³/mol. The molecule has 0 spiro atoms. The summed E-state index contributed by atoms with van der Waals surface area (Å²) in [5, 5.41) is 6.45. The minimum Gasteiger partial charge on any atom is -0.382 e. The number of nitrogens with one attached hydrogen (secondary N) is 1. The molecule has 1 aromatic rings. The second-order valence-corrected chi connectivity index (χ2v) is 4.50. The van der Waals surface area contributed by atoms with Crippen molar-refractivity contribution in [2.24, 2.45) is 5.92 Å². The van der Waals surface area contributed by atoms with E-state index < -0.39 is 0 Å². The highest BCUT2D eigenvalue weighted by molar-refractivity contribution is 5.93. The Labute approximate surface area is 87.6 Å². The first kappa shape index (κ1) is 8.76. The fourth-order valence-electron chi connectivity index (χ4n) is 2.77. The minimum atomic E-state index is 0.0476. The van der Waals surface area contributed by atoms with Crippen LogP contribution in [0, 0.1) is 5.92 Å². The quantitative estimate of drug-likeness (QED) is 0.707. The summed E-state index contributed by atoms with van der Waals surface area (Å²) in [5.74, 6) is 1.15. The lowest BCUT2D eigenvalue weighted by Gasteiger charge is -2.26. The SMILES string of the molecule is Nc1cc(C(=O)N2CC3CCC2C3)[nH]n1. The first-order valence-corrected chi connectivity index (χ1v) is 5.36. The summed E-state index contributed by atoms with van der Waals surface area (Å²) in [4.78, 5) is 14.0. The Morgan fingerprint density at radius 1 is 1.60 bits per heavy atom. The highest BCUT2D eigenvalue weighted by atomic mass is 16.2. The van der Waals surface area contributed by atoms with Crippen LogP contribution in [0.15, 0.2) is 6.07 Å². The van der Waals surface area contributed by atoms with E-state index in [0.29, 0.717) is 17.6 Å². The maximum atomic E-state index is 12.0. The molecule has 2 heterocycles. The summed E-state index contributed by atoms with van der Waals surface area (Å²) < 4.78 is 0. The summed E-state index contributed by atoms with van der Waals surface area (Å²) in [6, 6.07) is 2.06. The van der Waals surface area contributed by atoms with Gasteiger partial charge in [-0.25, -0.2) is 0 Å². The number of aromatic nitrogens is 2. The fourth-order valence-corrected chi connectivity index (χ4v) is 2.77. The number of hydrogen-bond acceptors (Lipinski definition) is 3. The lowest BCUT2D eigenvalue weighted by molar-refractivity contribution is 0.0697. The smallest absolute Gasteiger partial charge is 0.272 e. The summed E-state index contributed by atoms with van der Waals surface area (Å²) in [6.07, 6.45) is 3.61. The highest BCUT2D eigenvalue weighted by Crippen LogP contribution is 2.37. The zero-order valence-electron chi connectivity index (χ0n) is 8.44.